The van der Waals surface area contributed by atoms with Gasteiger partial charge in [-0.1, -0.05) is 11.6 Å². The number of hydrogen-bond donors (Lipinski definition) is 0. The normalized spacial score (nSPS) is 24.4. The molecule has 2 atom stereocenters. The van der Waals surface area contributed by atoms with Crippen molar-refractivity contribution in [3.8, 4) is 0 Å². The second kappa shape index (κ2) is 8.70. The van der Waals surface area contributed by atoms with Crippen molar-refractivity contribution < 1.29 is 31.2 Å². The molecule has 0 bridgehead atoms. The van der Waals surface area contributed by atoms with Crippen LogP contribution in [0.5, 0.6) is 0 Å². The number of piperazine rings is 1. The molecule has 14 heteroatoms. The minimum absolute atomic E-state index is 0.0260. The zero-order valence-electron chi connectivity index (χ0n) is 16.8. The average molecular weight is 487 g/mol. The van der Waals surface area contributed by atoms with Crippen molar-refractivity contribution in [1.29, 1.82) is 0 Å². The average Bonchev–Trinajstić information content (AvgIpc) is 2.66. The summed E-state index contributed by atoms with van der Waals surface area (Å²) in [7, 11) is -3.77. The summed E-state index contributed by atoms with van der Waals surface area (Å²) in [5, 5.41) is 10.7. The first kappa shape index (κ1) is 24.0. The molecular formula is C17H22ClF3N4O5S. The molecule has 31 heavy (non-hydrogen) atoms. The van der Waals surface area contributed by atoms with E-state index in [1.807, 2.05) is 0 Å². The minimum atomic E-state index is -4.83. The molecule has 0 amide bonds. The monoisotopic (exact) mass is 486 g/mol. The SMILES string of the molecule is CC1CN(S(=O)(=O)N2CCN(c3cc(Cl)c(C(F)(F)F)cc3[N+](=O)[O-])CC2)CC(C)O1. The Balaban J connectivity index is 1.79. The Kier molecular flexibility index (Phi) is 6.73. The van der Waals surface area contributed by atoms with E-state index in [1.54, 1.807) is 13.8 Å². The van der Waals surface area contributed by atoms with Crippen LogP contribution in [0.15, 0.2) is 12.1 Å². The molecule has 1 aromatic rings. The van der Waals surface area contributed by atoms with Crippen molar-refractivity contribution in [2.24, 2.45) is 0 Å². The van der Waals surface area contributed by atoms with Gasteiger partial charge in [-0.05, 0) is 19.9 Å². The Hall–Kier alpha value is -1.67. The number of hydrogen-bond acceptors (Lipinski definition) is 6. The highest BCUT2D eigenvalue weighted by Gasteiger charge is 2.39. The van der Waals surface area contributed by atoms with Crippen molar-refractivity contribution in [3.63, 3.8) is 0 Å². The lowest BCUT2D eigenvalue weighted by Gasteiger charge is -2.40. The van der Waals surface area contributed by atoms with Crippen LogP contribution in [0.2, 0.25) is 5.02 Å². The van der Waals surface area contributed by atoms with Crippen LogP contribution in [0.25, 0.3) is 0 Å². The van der Waals surface area contributed by atoms with E-state index in [0.717, 1.165) is 6.07 Å². The van der Waals surface area contributed by atoms with Crippen molar-refractivity contribution in [1.82, 2.24) is 8.61 Å². The summed E-state index contributed by atoms with van der Waals surface area (Å²) in [5.41, 5.74) is -2.10. The maximum atomic E-state index is 13.1. The van der Waals surface area contributed by atoms with Gasteiger partial charge in [0.05, 0.1) is 27.7 Å². The van der Waals surface area contributed by atoms with Crippen LogP contribution in [0.4, 0.5) is 24.5 Å². The molecule has 2 heterocycles. The van der Waals surface area contributed by atoms with E-state index < -0.39 is 37.6 Å². The molecule has 0 spiro atoms. The topological polar surface area (TPSA) is 96.2 Å². The third-order valence-corrected chi connectivity index (χ3v) is 7.47. The first-order valence-corrected chi connectivity index (χ1v) is 11.3. The van der Waals surface area contributed by atoms with Crippen LogP contribution in [0.3, 0.4) is 0 Å². The van der Waals surface area contributed by atoms with Gasteiger partial charge in [-0.15, -0.1) is 0 Å². The smallest absolute Gasteiger partial charge is 0.373 e. The first-order chi connectivity index (χ1) is 14.3. The Labute approximate surface area is 182 Å². The molecule has 0 saturated carbocycles. The lowest BCUT2D eigenvalue weighted by molar-refractivity contribution is -0.384. The van der Waals surface area contributed by atoms with Gasteiger partial charge in [-0.3, -0.25) is 10.1 Å². The van der Waals surface area contributed by atoms with Crippen LogP contribution in [0.1, 0.15) is 19.4 Å². The standard InChI is InChI=1S/C17H22ClF3N4O5S/c1-11-9-24(10-12(2)30-11)31(28,29)23-5-3-22(4-6-23)15-8-14(18)13(17(19,20)21)7-16(15)25(26)27/h7-8,11-12H,3-6,9-10H2,1-2H3. The van der Waals surface area contributed by atoms with Crippen molar-refractivity contribution in [3.05, 3.63) is 32.8 Å². The molecule has 9 nitrogen and oxygen atoms in total. The maximum Gasteiger partial charge on any atom is 0.418 e. The van der Waals surface area contributed by atoms with Gasteiger partial charge in [-0.25, -0.2) is 0 Å². The molecular weight excluding hydrogens is 465 g/mol. The molecule has 1 aromatic carbocycles. The molecule has 0 aliphatic carbocycles. The molecule has 174 valence electrons. The fourth-order valence-corrected chi connectivity index (χ4v) is 5.82. The van der Waals surface area contributed by atoms with E-state index in [1.165, 1.54) is 13.5 Å². The second-order valence-corrected chi connectivity index (χ2v) is 9.88. The fourth-order valence-electron chi connectivity index (χ4n) is 3.81. The van der Waals surface area contributed by atoms with Gasteiger partial charge in [-0.2, -0.15) is 30.2 Å². The highest BCUT2D eigenvalue weighted by molar-refractivity contribution is 7.86. The van der Waals surface area contributed by atoms with Crippen LogP contribution in [-0.4, -0.2) is 73.4 Å². The van der Waals surface area contributed by atoms with E-state index in [9.17, 15) is 31.7 Å². The highest BCUT2D eigenvalue weighted by Crippen LogP contribution is 2.41. The molecule has 2 aliphatic rings. The quantitative estimate of drug-likeness (QED) is 0.479. The van der Waals surface area contributed by atoms with Crippen molar-refractivity contribution >= 4 is 33.2 Å². The summed E-state index contributed by atoms with van der Waals surface area (Å²) in [6, 6.07) is 1.33. The molecule has 3 rings (SSSR count). The van der Waals surface area contributed by atoms with E-state index in [0.29, 0.717) is 6.07 Å². The first-order valence-electron chi connectivity index (χ1n) is 9.51. The number of morpholine rings is 1. The number of benzene rings is 1. The van der Waals surface area contributed by atoms with Crippen molar-refractivity contribution in [2.45, 2.75) is 32.2 Å². The predicted molar refractivity (Wildman–Crippen MR) is 107 cm³/mol. The van der Waals surface area contributed by atoms with E-state index in [-0.39, 0.29) is 57.2 Å². The summed E-state index contributed by atoms with van der Waals surface area (Å²) in [5.74, 6) is 0. The molecule has 2 unspecified atom stereocenters. The number of alkyl halides is 3. The summed E-state index contributed by atoms with van der Waals surface area (Å²) in [6.07, 6.45) is -5.34. The zero-order chi connectivity index (χ0) is 23.1. The number of ether oxygens (including phenoxy) is 1. The van der Waals surface area contributed by atoms with Gasteiger partial charge < -0.3 is 9.64 Å². The largest absolute Gasteiger partial charge is 0.418 e. The third kappa shape index (κ3) is 5.06. The number of rotatable bonds is 4. The molecule has 0 N–H and O–H groups in total. The van der Waals surface area contributed by atoms with Crippen LogP contribution in [-0.2, 0) is 21.1 Å². The Morgan fingerprint density at radius 2 is 1.65 bits per heavy atom. The summed E-state index contributed by atoms with van der Waals surface area (Å²) in [6.45, 7) is 4.18. The van der Waals surface area contributed by atoms with Gasteiger partial charge in [0.1, 0.15) is 5.69 Å². The Morgan fingerprint density at radius 3 is 2.13 bits per heavy atom. The number of halogens is 4. The van der Waals surface area contributed by atoms with Crippen LogP contribution >= 0.6 is 11.6 Å². The van der Waals surface area contributed by atoms with Gasteiger partial charge >= 0.3 is 6.18 Å². The molecule has 2 saturated heterocycles. The van der Waals surface area contributed by atoms with E-state index in [4.69, 9.17) is 16.3 Å². The number of nitro benzene ring substituents is 1. The van der Waals surface area contributed by atoms with Gasteiger partial charge in [0, 0.05) is 45.3 Å². The summed E-state index contributed by atoms with van der Waals surface area (Å²) < 4.78 is 73.4. The highest BCUT2D eigenvalue weighted by atomic mass is 35.5. The summed E-state index contributed by atoms with van der Waals surface area (Å²) in [4.78, 5) is 12.0. The number of nitro groups is 1. The van der Waals surface area contributed by atoms with Gasteiger partial charge in [0.2, 0.25) is 0 Å². The minimum Gasteiger partial charge on any atom is -0.373 e. The fraction of sp³-hybridized carbons (Fsp3) is 0.647. The maximum absolute atomic E-state index is 13.1. The zero-order valence-corrected chi connectivity index (χ0v) is 18.4. The Morgan fingerprint density at radius 1 is 1.10 bits per heavy atom. The number of nitrogens with zero attached hydrogens (tertiary/aromatic N) is 4. The Bertz CT molecular complexity index is 944. The number of anilines is 1. The lowest BCUT2D eigenvalue weighted by atomic mass is 10.1. The van der Waals surface area contributed by atoms with Crippen LogP contribution < -0.4 is 4.90 Å². The van der Waals surface area contributed by atoms with Crippen LogP contribution in [0, 0.1) is 10.1 Å². The van der Waals surface area contributed by atoms with E-state index >= 15 is 0 Å². The van der Waals surface area contributed by atoms with Gasteiger partial charge in [0.15, 0.2) is 0 Å². The second-order valence-electron chi connectivity index (χ2n) is 7.54. The molecule has 2 fully saturated rings. The summed E-state index contributed by atoms with van der Waals surface area (Å²) >= 11 is 5.75. The van der Waals surface area contributed by atoms with E-state index in [2.05, 4.69) is 0 Å². The van der Waals surface area contributed by atoms with Gasteiger partial charge in [0.25, 0.3) is 15.9 Å². The predicted octanol–water partition coefficient (Wildman–Crippen LogP) is 2.74. The van der Waals surface area contributed by atoms with Crippen molar-refractivity contribution in [2.75, 3.05) is 44.2 Å². The molecule has 2 aliphatic heterocycles. The third-order valence-electron chi connectivity index (χ3n) is 5.18. The lowest BCUT2D eigenvalue weighted by Crippen LogP contribution is -2.57. The molecule has 0 radical (unpaired) electrons. The molecule has 0 aromatic heterocycles.